The average Bonchev–Trinajstić information content (AvgIpc) is 3.38. The van der Waals surface area contributed by atoms with Crippen LogP contribution in [-0.4, -0.2) is 41.5 Å². The molecule has 3 rings (SSSR count). The Hall–Kier alpha value is -2.38. The molecule has 1 amide bonds. The largest absolute Gasteiger partial charge is 0.383 e. The molecule has 1 atom stereocenters. The second kappa shape index (κ2) is 9.89. The van der Waals surface area contributed by atoms with E-state index in [1.807, 2.05) is 41.5 Å². The van der Waals surface area contributed by atoms with Crippen molar-refractivity contribution in [3.63, 3.8) is 0 Å². The van der Waals surface area contributed by atoms with Crippen molar-refractivity contribution in [2.24, 2.45) is 4.99 Å². The van der Waals surface area contributed by atoms with Gasteiger partial charge in [-0.05, 0) is 42.8 Å². The third kappa shape index (κ3) is 5.81. The lowest BCUT2D eigenvalue weighted by Crippen LogP contribution is -2.44. The van der Waals surface area contributed by atoms with Gasteiger partial charge in [0.05, 0.1) is 13.1 Å². The van der Waals surface area contributed by atoms with Crippen molar-refractivity contribution in [1.82, 2.24) is 15.5 Å². The van der Waals surface area contributed by atoms with Crippen molar-refractivity contribution in [3.05, 3.63) is 57.8 Å². The molecule has 0 aliphatic carbocycles. The van der Waals surface area contributed by atoms with E-state index in [0.717, 1.165) is 35.5 Å². The van der Waals surface area contributed by atoms with Gasteiger partial charge in [0.25, 0.3) is 0 Å². The first-order valence-electron chi connectivity index (χ1n) is 10.1. The lowest BCUT2D eigenvalue weighted by molar-refractivity contribution is -0.128. The van der Waals surface area contributed by atoms with Crippen LogP contribution < -0.4 is 10.6 Å². The summed E-state index contributed by atoms with van der Waals surface area (Å²) in [6, 6.07) is 12.0. The lowest BCUT2D eigenvalue weighted by Gasteiger charge is -2.24. The first-order valence-corrected chi connectivity index (χ1v) is 11.0. The smallest absolute Gasteiger partial charge is 0.222 e. The number of carbonyl (C=O) groups is 1. The highest BCUT2D eigenvalue weighted by Crippen LogP contribution is 2.24. The molecule has 0 spiro atoms. The highest BCUT2D eigenvalue weighted by Gasteiger charge is 2.24. The van der Waals surface area contributed by atoms with E-state index in [4.69, 9.17) is 4.99 Å². The molecule has 2 heterocycles. The number of nitrogens with one attached hydrogen (secondary N) is 2. The number of amides is 1. The highest BCUT2D eigenvalue weighted by atomic mass is 32.1. The molecule has 0 bridgehead atoms. The minimum Gasteiger partial charge on any atom is -0.383 e. The summed E-state index contributed by atoms with van der Waals surface area (Å²) in [5.74, 6) is 0.894. The molecule has 1 unspecified atom stereocenters. The van der Waals surface area contributed by atoms with Gasteiger partial charge in [0.1, 0.15) is 5.60 Å². The van der Waals surface area contributed by atoms with Crippen molar-refractivity contribution >= 4 is 23.2 Å². The second-order valence-electron chi connectivity index (χ2n) is 7.49. The number of carbonyl (C=O) groups excluding carboxylic acids is 1. The number of rotatable bonds is 8. The normalized spacial score (nSPS) is 16.7. The number of thiophene rings is 1. The standard InChI is InChI=1S/C22H30N4O2S/c1-3-23-21(25-16-22(2,28)19-10-7-13-29-19)24-14-17-8-4-5-9-18(17)15-26-12-6-11-20(26)27/h4-5,7-10,13,28H,3,6,11-12,14-16H2,1-2H3,(H2,23,24,25). The van der Waals surface area contributed by atoms with Gasteiger partial charge in [-0.15, -0.1) is 11.3 Å². The van der Waals surface area contributed by atoms with Crippen molar-refractivity contribution < 1.29 is 9.90 Å². The maximum absolute atomic E-state index is 12.0. The fraction of sp³-hybridized carbons (Fsp3) is 0.455. The fourth-order valence-corrected chi connectivity index (χ4v) is 4.16. The summed E-state index contributed by atoms with van der Waals surface area (Å²) < 4.78 is 0. The Morgan fingerprint density at radius 1 is 1.24 bits per heavy atom. The summed E-state index contributed by atoms with van der Waals surface area (Å²) in [5, 5.41) is 19.2. The summed E-state index contributed by atoms with van der Waals surface area (Å²) in [6.07, 6.45) is 1.59. The summed E-state index contributed by atoms with van der Waals surface area (Å²) in [6.45, 7) is 6.90. The Morgan fingerprint density at radius 3 is 2.69 bits per heavy atom. The first-order chi connectivity index (χ1) is 14.0. The average molecular weight is 415 g/mol. The number of nitrogens with zero attached hydrogens (tertiary/aromatic N) is 2. The van der Waals surface area contributed by atoms with E-state index in [1.165, 1.54) is 11.3 Å². The van der Waals surface area contributed by atoms with Gasteiger partial charge >= 0.3 is 0 Å². The zero-order valence-corrected chi connectivity index (χ0v) is 18.0. The molecule has 1 aliphatic rings. The molecule has 7 heteroatoms. The minimum atomic E-state index is -0.960. The van der Waals surface area contributed by atoms with Crippen molar-refractivity contribution in [2.45, 2.75) is 45.4 Å². The van der Waals surface area contributed by atoms with Crippen LogP contribution in [0.1, 0.15) is 42.7 Å². The van der Waals surface area contributed by atoms with Gasteiger partial charge in [0, 0.05) is 30.9 Å². The second-order valence-corrected chi connectivity index (χ2v) is 8.44. The molecule has 0 saturated carbocycles. The van der Waals surface area contributed by atoms with E-state index >= 15 is 0 Å². The highest BCUT2D eigenvalue weighted by molar-refractivity contribution is 7.10. The van der Waals surface area contributed by atoms with Gasteiger partial charge < -0.3 is 20.6 Å². The quantitative estimate of drug-likeness (QED) is 0.459. The topological polar surface area (TPSA) is 77.0 Å². The molecule has 1 saturated heterocycles. The third-order valence-electron chi connectivity index (χ3n) is 5.05. The molecule has 1 aromatic carbocycles. The monoisotopic (exact) mass is 414 g/mol. The van der Waals surface area contributed by atoms with Crippen LogP contribution in [0.2, 0.25) is 0 Å². The van der Waals surface area contributed by atoms with Crippen LogP contribution in [0.15, 0.2) is 46.8 Å². The van der Waals surface area contributed by atoms with Crippen LogP contribution >= 0.6 is 11.3 Å². The van der Waals surface area contributed by atoms with E-state index in [9.17, 15) is 9.90 Å². The molecule has 0 radical (unpaired) electrons. The van der Waals surface area contributed by atoms with E-state index in [-0.39, 0.29) is 5.91 Å². The van der Waals surface area contributed by atoms with E-state index in [2.05, 4.69) is 22.8 Å². The predicted molar refractivity (Wildman–Crippen MR) is 118 cm³/mol. The zero-order valence-electron chi connectivity index (χ0n) is 17.1. The van der Waals surface area contributed by atoms with Gasteiger partial charge in [-0.25, -0.2) is 4.99 Å². The summed E-state index contributed by atoms with van der Waals surface area (Å²) in [4.78, 5) is 19.5. The van der Waals surface area contributed by atoms with Crippen LogP contribution in [-0.2, 0) is 23.5 Å². The summed E-state index contributed by atoms with van der Waals surface area (Å²) >= 11 is 1.54. The van der Waals surface area contributed by atoms with Crippen LogP contribution in [0.3, 0.4) is 0 Å². The Balaban J connectivity index is 1.66. The Bertz CT molecular complexity index is 833. The van der Waals surface area contributed by atoms with E-state index < -0.39 is 5.60 Å². The Labute approximate surface area is 176 Å². The number of aliphatic imine (C=N–C) groups is 1. The number of guanidine groups is 1. The van der Waals surface area contributed by atoms with Gasteiger partial charge in [-0.3, -0.25) is 4.79 Å². The first kappa shape index (κ1) is 21.3. The molecule has 156 valence electrons. The van der Waals surface area contributed by atoms with Crippen LogP contribution in [0.25, 0.3) is 0 Å². The number of benzene rings is 1. The molecule has 1 fully saturated rings. The molecule has 29 heavy (non-hydrogen) atoms. The molecule has 2 aromatic rings. The predicted octanol–water partition coefficient (Wildman–Crippen LogP) is 2.83. The molecule has 6 nitrogen and oxygen atoms in total. The number of hydrogen-bond donors (Lipinski definition) is 3. The maximum atomic E-state index is 12.0. The van der Waals surface area contributed by atoms with Crippen LogP contribution in [0.5, 0.6) is 0 Å². The SMILES string of the molecule is CCNC(=NCc1ccccc1CN1CCCC1=O)NCC(C)(O)c1cccs1. The number of hydrogen-bond acceptors (Lipinski definition) is 4. The number of likely N-dealkylation sites (tertiary alicyclic amines) is 1. The van der Waals surface area contributed by atoms with Crippen molar-refractivity contribution in [1.29, 1.82) is 0 Å². The molecular weight excluding hydrogens is 384 g/mol. The van der Waals surface area contributed by atoms with Gasteiger partial charge in [0.2, 0.25) is 5.91 Å². The zero-order chi connectivity index (χ0) is 20.7. The van der Waals surface area contributed by atoms with E-state index in [0.29, 0.717) is 32.0 Å². The van der Waals surface area contributed by atoms with E-state index in [1.54, 1.807) is 6.92 Å². The number of aliphatic hydroxyl groups is 1. The Morgan fingerprint density at radius 2 is 2.03 bits per heavy atom. The Kier molecular flexibility index (Phi) is 7.28. The van der Waals surface area contributed by atoms with Crippen molar-refractivity contribution in [2.75, 3.05) is 19.6 Å². The lowest BCUT2D eigenvalue weighted by atomic mass is 10.1. The molecule has 3 N–H and O–H groups in total. The summed E-state index contributed by atoms with van der Waals surface area (Å²) in [7, 11) is 0. The van der Waals surface area contributed by atoms with Gasteiger partial charge in [-0.1, -0.05) is 30.3 Å². The maximum Gasteiger partial charge on any atom is 0.222 e. The minimum absolute atomic E-state index is 0.231. The fourth-order valence-electron chi connectivity index (χ4n) is 3.38. The molecule has 1 aromatic heterocycles. The molecular formula is C22H30N4O2S. The van der Waals surface area contributed by atoms with Crippen molar-refractivity contribution in [3.8, 4) is 0 Å². The molecule has 1 aliphatic heterocycles. The van der Waals surface area contributed by atoms with Gasteiger partial charge in [-0.2, -0.15) is 0 Å². The van der Waals surface area contributed by atoms with Gasteiger partial charge in [0.15, 0.2) is 5.96 Å². The summed E-state index contributed by atoms with van der Waals surface area (Å²) in [5.41, 5.74) is 1.28. The van der Waals surface area contributed by atoms with Crippen LogP contribution in [0.4, 0.5) is 0 Å². The third-order valence-corrected chi connectivity index (χ3v) is 6.18. The van der Waals surface area contributed by atoms with Crippen LogP contribution in [0, 0.1) is 0 Å².